The zero-order chi connectivity index (χ0) is 13.1. The number of hydrogen-bond acceptors (Lipinski definition) is 5. The van der Waals surface area contributed by atoms with Gasteiger partial charge in [0.2, 0.25) is 11.8 Å². The molecule has 0 aromatic heterocycles. The highest BCUT2D eigenvalue weighted by atomic mass is 32.2. The van der Waals surface area contributed by atoms with Crippen LogP contribution in [0, 0.1) is 0 Å². The van der Waals surface area contributed by atoms with Crippen molar-refractivity contribution >= 4 is 23.6 Å². The first kappa shape index (κ1) is 13.6. The van der Waals surface area contributed by atoms with Crippen LogP contribution < -0.4 is 0 Å². The van der Waals surface area contributed by atoms with Gasteiger partial charge in [-0.15, -0.1) is 11.8 Å². The van der Waals surface area contributed by atoms with Gasteiger partial charge in [-0.3, -0.25) is 14.5 Å². The van der Waals surface area contributed by atoms with Gasteiger partial charge in [-0.25, -0.2) is 0 Å². The van der Waals surface area contributed by atoms with E-state index in [0.29, 0.717) is 37.8 Å². The number of rotatable bonds is 3. The summed E-state index contributed by atoms with van der Waals surface area (Å²) in [6.45, 7) is 4.55. The third kappa shape index (κ3) is 3.15. The van der Waals surface area contributed by atoms with Crippen LogP contribution in [0.4, 0.5) is 0 Å². The summed E-state index contributed by atoms with van der Waals surface area (Å²) in [6, 6.07) is 0. The average Bonchev–Trinajstić information content (AvgIpc) is 2.75. The molecule has 1 atom stereocenters. The molecule has 0 spiro atoms. The number of aliphatic hydroxyl groups excluding tert-OH is 1. The molecule has 7 heteroatoms. The lowest BCUT2D eigenvalue weighted by Crippen LogP contribution is -2.53. The molecule has 2 rings (SSSR count). The van der Waals surface area contributed by atoms with Crippen molar-refractivity contribution in [1.29, 1.82) is 0 Å². The molecule has 0 aromatic carbocycles. The Kier molecular flexibility index (Phi) is 4.47. The van der Waals surface area contributed by atoms with E-state index in [-0.39, 0.29) is 18.4 Å². The molecular weight excluding hydrogens is 254 g/mol. The summed E-state index contributed by atoms with van der Waals surface area (Å²) in [5.74, 6) is 1.17. The quantitative estimate of drug-likeness (QED) is 0.715. The number of thioether (sulfide) groups is 1. The normalized spacial score (nSPS) is 23.6. The molecule has 2 saturated heterocycles. The van der Waals surface area contributed by atoms with Gasteiger partial charge in [0, 0.05) is 26.2 Å². The maximum Gasteiger partial charge on any atom is 0.242 e. The van der Waals surface area contributed by atoms with Crippen molar-refractivity contribution in [2.75, 3.05) is 44.4 Å². The Labute approximate surface area is 111 Å². The predicted octanol–water partition coefficient (Wildman–Crippen LogP) is -0.998. The van der Waals surface area contributed by atoms with E-state index in [1.54, 1.807) is 28.5 Å². The fraction of sp³-hybridized carbons (Fsp3) is 0.818. The largest absolute Gasteiger partial charge is 0.379 e. The fourth-order valence-electron chi connectivity index (χ4n) is 2.15. The lowest BCUT2D eigenvalue weighted by Gasteiger charge is -2.36. The Balaban J connectivity index is 1.79. The minimum absolute atomic E-state index is 0.0103. The number of carbonyl (C=O) groups is 2. The smallest absolute Gasteiger partial charge is 0.242 e. The van der Waals surface area contributed by atoms with Crippen molar-refractivity contribution < 1.29 is 14.7 Å². The van der Waals surface area contributed by atoms with Crippen LogP contribution in [0.15, 0.2) is 0 Å². The topological polar surface area (TPSA) is 64.1 Å². The first-order chi connectivity index (χ1) is 8.58. The number of piperazine rings is 1. The summed E-state index contributed by atoms with van der Waals surface area (Å²) < 4.78 is 0. The van der Waals surface area contributed by atoms with E-state index in [1.807, 2.05) is 4.90 Å². The number of nitrogens with zero attached hydrogens (tertiary/aromatic N) is 3. The molecule has 0 bridgehead atoms. The summed E-state index contributed by atoms with van der Waals surface area (Å²) in [4.78, 5) is 28.8. The van der Waals surface area contributed by atoms with Crippen LogP contribution in [-0.2, 0) is 9.59 Å². The average molecular weight is 273 g/mol. The predicted molar refractivity (Wildman–Crippen MR) is 68.9 cm³/mol. The number of hydrogen-bond donors (Lipinski definition) is 1. The standard InChI is InChI=1S/C11H19N3O3S/c1-9(15)12-2-4-13(5-3-12)10(16)6-14-8-18-7-11(14)17/h9,15H,2-8H2,1H3. The maximum absolute atomic E-state index is 12.0. The molecule has 0 aliphatic carbocycles. The van der Waals surface area contributed by atoms with Gasteiger partial charge >= 0.3 is 0 Å². The van der Waals surface area contributed by atoms with Crippen LogP contribution in [0.1, 0.15) is 6.92 Å². The number of carbonyl (C=O) groups excluding carboxylic acids is 2. The van der Waals surface area contributed by atoms with E-state index in [1.165, 1.54) is 0 Å². The Bertz CT molecular complexity index is 329. The van der Waals surface area contributed by atoms with Crippen LogP contribution in [0.25, 0.3) is 0 Å². The fourth-order valence-corrected chi connectivity index (χ4v) is 3.05. The van der Waals surface area contributed by atoms with Crippen molar-refractivity contribution in [2.24, 2.45) is 0 Å². The van der Waals surface area contributed by atoms with Crippen LogP contribution >= 0.6 is 11.8 Å². The molecule has 2 fully saturated rings. The molecule has 0 saturated carbocycles. The van der Waals surface area contributed by atoms with E-state index in [0.717, 1.165) is 0 Å². The van der Waals surface area contributed by atoms with Crippen LogP contribution in [0.2, 0.25) is 0 Å². The SMILES string of the molecule is CC(O)N1CCN(C(=O)CN2CSCC2=O)CC1. The molecule has 2 aliphatic rings. The van der Waals surface area contributed by atoms with Gasteiger partial charge in [-0.05, 0) is 6.92 Å². The molecule has 1 unspecified atom stereocenters. The van der Waals surface area contributed by atoms with Gasteiger partial charge in [0.05, 0.1) is 11.6 Å². The third-order valence-electron chi connectivity index (χ3n) is 3.35. The highest BCUT2D eigenvalue weighted by molar-refractivity contribution is 8.00. The second-order valence-electron chi connectivity index (χ2n) is 4.62. The highest BCUT2D eigenvalue weighted by Crippen LogP contribution is 2.15. The Hall–Kier alpha value is -0.790. The Morgan fingerprint density at radius 1 is 1.39 bits per heavy atom. The van der Waals surface area contributed by atoms with Crippen molar-refractivity contribution in [1.82, 2.24) is 14.7 Å². The van der Waals surface area contributed by atoms with Crippen LogP contribution in [-0.4, -0.2) is 82.2 Å². The van der Waals surface area contributed by atoms with Gasteiger partial charge in [0.25, 0.3) is 0 Å². The molecule has 0 aromatic rings. The third-order valence-corrected chi connectivity index (χ3v) is 4.29. The van der Waals surface area contributed by atoms with Gasteiger partial charge in [0.15, 0.2) is 0 Å². The summed E-state index contributed by atoms with van der Waals surface area (Å²) in [5.41, 5.74) is 0. The maximum atomic E-state index is 12.0. The molecule has 1 N–H and O–H groups in total. The molecule has 2 heterocycles. The summed E-state index contributed by atoms with van der Waals surface area (Å²) in [5, 5.41) is 9.43. The minimum atomic E-state index is -0.459. The van der Waals surface area contributed by atoms with E-state index in [9.17, 15) is 14.7 Å². The molecule has 6 nitrogen and oxygen atoms in total. The lowest BCUT2D eigenvalue weighted by atomic mass is 10.3. The van der Waals surface area contributed by atoms with Crippen LogP contribution in [0.5, 0.6) is 0 Å². The molecular formula is C11H19N3O3S. The van der Waals surface area contributed by atoms with Crippen molar-refractivity contribution in [2.45, 2.75) is 13.2 Å². The monoisotopic (exact) mass is 273 g/mol. The molecule has 2 amide bonds. The molecule has 2 aliphatic heterocycles. The Morgan fingerprint density at radius 3 is 2.56 bits per heavy atom. The molecule has 18 heavy (non-hydrogen) atoms. The van der Waals surface area contributed by atoms with Crippen molar-refractivity contribution in [3.63, 3.8) is 0 Å². The summed E-state index contributed by atoms with van der Waals surface area (Å²) in [6.07, 6.45) is -0.459. The first-order valence-electron chi connectivity index (χ1n) is 6.13. The number of aliphatic hydroxyl groups is 1. The van der Waals surface area contributed by atoms with Crippen LogP contribution in [0.3, 0.4) is 0 Å². The highest BCUT2D eigenvalue weighted by Gasteiger charge is 2.27. The van der Waals surface area contributed by atoms with E-state index in [2.05, 4.69) is 0 Å². The Morgan fingerprint density at radius 2 is 2.06 bits per heavy atom. The molecule has 102 valence electrons. The zero-order valence-electron chi connectivity index (χ0n) is 10.5. The molecule has 0 radical (unpaired) electrons. The van der Waals surface area contributed by atoms with Gasteiger partial charge in [-0.2, -0.15) is 0 Å². The first-order valence-corrected chi connectivity index (χ1v) is 7.29. The summed E-state index contributed by atoms with van der Waals surface area (Å²) in [7, 11) is 0. The van der Waals surface area contributed by atoms with Crippen molar-refractivity contribution in [3.05, 3.63) is 0 Å². The van der Waals surface area contributed by atoms with Gasteiger partial charge in [0.1, 0.15) is 12.8 Å². The summed E-state index contributed by atoms with van der Waals surface area (Å²) >= 11 is 1.55. The minimum Gasteiger partial charge on any atom is -0.379 e. The van der Waals surface area contributed by atoms with E-state index in [4.69, 9.17) is 0 Å². The van der Waals surface area contributed by atoms with Gasteiger partial charge < -0.3 is 14.9 Å². The second kappa shape index (κ2) is 5.90. The zero-order valence-corrected chi connectivity index (χ0v) is 11.4. The second-order valence-corrected chi connectivity index (χ2v) is 5.57. The van der Waals surface area contributed by atoms with E-state index >= 15 is 0 Å². The van der Waals surface area contributed by atoms with Gasteiger partial charge in [-0.1, -0.05) is 0 Å². The van der Waals surface area contributed by atoms with E-state index < -0.39 is 6.23 Å². The van der Waals surface area contributed by atoms with Crippen molar-refractivity contribution in [3.8, 4) is 0 Å². The lowest BCUT2D eigenvalue weighted by molar-refractivity contribution is -0.140. The number of amides is 2.